The van der Waals surface area contributed by atoms with Crippen molar-refractivity contribution in [3.8, 4) is 0 Å². The molecule has 0 saturated heterocycles. The van der Waals surface area contributed by atoms with Crippen molar-refractivity contribution in [1.29, 1.82) is 0 Å². The fourth-order valence-electron chi connectivity index (χ4n) is 5.54. The van der Waals surface area contributed by atoms with Gasteiger partial charge in [-0.25, -0.2) is 0 Å². The van der Waals surface area contributed by atoms with Crippen molar-refractivity contribution in [2.45, 2.75) is 0 Å². The molecule has 0 atom stereocenters. The maximum Gasteiger partial charge on any atom is 0 e. The smallest absolute Gasteiger partial charge is 0 e. The molecule has 0 aliphatic carbocycles. The van der Waals surface area contributed by atoms with Crippen molar-refractivity contribution in [1.82, 2.24) is 0 Å². The van der Waals surface area contributed by atoms with Gasteiger partial charge in [0.1, 0.15) is 0 Å². The van der Waals surface area contributed by atoms with E-state index >= 15 is 0 Å². The number of benzene rings is 8. The van der Waals surface area contributed by atoms with Gasteiger partial charge in [0.25, 0.3) is 0 Å². The van der Waals surface area contributed by atoms with Crippen LogP contribution in [0.4, 0.5) is 0 Å². The van der Waals surface area contributed by atoms with Gasteiger partial charge < -0.3 is 0 Å². The van der Waals surface area contributed by atoms with E-state index in [4.69, 9.17) is 0 Å². The Morgan fingerprint density at radius 1 is 0.236 bits per heavy atom. The van der Waals surface area contributed by atoms with Crippen molar-refractivity contribution >= 4 is 59.8 Å². The molecular weight excluding hydrogens is 789 g/mol. The molecule has 3 heteroatoms. The molecule has 0 aliphatic rings. The third-order valence-electron chi connectivity index (χ3n) is 8.16. The fraction of sp³-hybridized carbons (Fsp3) is 0. The van der Waals surface area contributed by atoms with Crippen LogP contribution in [-0.2, 0) is 19.5 Å². The summed E-state index contributed by atoms with van der Waals surface area (Å²) in [7, 11) is -0.892. The minimum Gasteiger partial charge on any atom is -0.0985 e. The first-order chi connectivity index (χ1) is 26.8. The number of hydrogen-bond acceptors (Lipinski definition) is 0. The predicted octanol–water partition coefficient (Wildman–Crippen LogP) is 11.5. The van der Waals surface area contributed by atoms with Gasteiger partial charge in [0.2, 0.25) is 0 Å². The molecule has 8 rings (SSSR count). The molecule has 1 radical (unpaired) electrons. The van der Waals surface area contributed by atoms with Gasteiger partial charge in [0.05, 0.1) is 0 Å². The van der Waals surface area contributed by atoms with Crippen LogP contribution in [-0.4, -0.2) is 0 Å². The zero-order valence-corrected chi connectivity index (χ0v) is 34.3. The maximum atomic E-state index is 3.63. The number of hydrogen-bond donors (Lipinski definition) is 0. The van der Waals surface area contributed by atoms with Crippen LogP contribution in [0.1, 0.15) is 11.1 Å². The Hall–Kier alpha value is -5.28. The number of rotatable bonds is 8. The largest absolute Gasteiger partial charge is 0.0985 e. The normalized spacial score (nSPS) is 9.78. The summed E-state index contributed by atoms with van der Waals surface area (Å²) >= 11 is 0. The van der Waals surface area contributed by atoms with Crippen molar-refractivity contribution in [2.24, 2.45) is 0 Å². The van der Waals surface area contributed by atoms with Crippen LogP contribution in [0.3, 0.4) is 0 Å². The molecule has 0 heterocycles. The van der Waals surface area contributed by atoms with Crippen molar-refractivity contribution < 1.29 is 19.5 Å². The Labute approximate surface area is 344 Å². The summed E-state index contributed by atoms with van der Waals surface area (Å²) in [5.41, 5.74) is 2.35. The molecule has 8 aromatic carbocycles. The summed E-state index contributed by atoms with van der Waals surface area (Å²) in [5, 5.41) is 8.39. The van der Waals surface area contributed by atoms with E-state index in [9.17, 15) is 0 Å². The van der Waals surface area contributed by atoms with Crippen LogP contribution in [0.25, 0.3) is 12.2 Å². The van der Waals surface area contributed by atoms with Gasteiger partial charge in [-0.15, -0.1) is 0 Å². The second-order valence-corrected chi connectivity index (χ2v) is 16.4. The summed E-state index contributed by atoms with van der Waals surface area (Å²) in [4.78, 5) is 0. The Morgan fingerprint density at radius 3 is 0.509 bits per heavy atom. The maximum absolute atomic E-state index is 3.63. The molecule has 0 amide bonds. The van der Waals surface area contributed by atoms with Crippen LogP contribution in [0.15, 0.2) is 256 Å². The second-order valence-electron chi connectivity index (χ2n) is 11.9. The van der Waals surface area contributed by atoms with Crippen LogP contribution in [0.2, 0.25) is 0 Å². The Kier molecular flexibility index (Phi) is 19.2. The summed E-state index contributed by atoms with van der Waals surface area (Å²) < 4.78 is 0. The second kappa shape index (κ2) is 24.9. The van der Waals surface area contributed by atoms with E-state index in [0.717, 1.165) is 0 Å². The van der Waals surface area contributed by atoms with Gasteiger partial charge in [-0.2, -0.15) is 0 Å². The molecule has 0 nitrogen and oxygen atoms in total. The van der Waals surface area contributed by atoms with E-state index in [1.165, 1.54) is 43.0 Å². The van der Waals surface area contributed by atoms with Crippen molar-refractivity contribution in [3.63, 3.8) is 0 Å². The standard InChI is InChI=1S/2C18H15P.2C8H8.Rh/c2*1-4-10-16(11-5-1)19(17-12-6-2-7-13-17)18-14-8-3-9-15-18;2*1-2-8-6-4-3-5-7-8;/h2*1-15H;2*2-7H,1H2;. The third kappa shape index (κ3) is 14.1. The minimum absolute atomic E-state index is 0. The van der Waals surface area contributed by atoms with E-state index in [1.54, 1.807) is 0 Å². The molecule has 0 spiro atoms. The first-order valence-electron chi connectivity index (χ1n) is 18.0. The van der Waals surface area contributed by atoms with Crippen molar-refractivity contribution in [2.75, 3.05) is 0 Å². The monoisotopic (exact) mass is 835 g/mol. The summed E-state index contributed by atoms with van der Waals surface area (Å²) in [5.74, 6) is 0. The molecule has 0 aromatic heterocycles. The summed E-state index contributed by atoms with van der Waals surface area (Å²) in [6, 6.07) is 84.7. The van der Waals surface area contributed by atoms with Gasteiger partial charge in [-0.05, 0) is 58.8 Å². The summed E-state index contributed by atoms with van der Waals surface area (Å²) in [6.45, 7) is 7.26. The first kappa shape index (κ1) is 42.5. The Morgan fingerprint density at radius 2 is 0.382 bits per heavy atom. The predicted molar refractivity (Wildman–Crippen MR) is 243 cm³/mol. The Bertz CT molecular complexity index is 1810. The van der Waals surface area contributed by atoms with Gasteiger partial charge >= 0.3 is 0 Å². The third-order valence-corrected chi connectivity index (χ3v) is 13.0. The van der Waals surface area contributed by atoms with Crippen molar-refractivity contribution in [3.05, 3.63) is 267 Å². The molecule has 0 aliphatic heterocycles. The molecule has 55 heavy (non-hydrogen) atoms. The molecule has 8 aromatic rings. The Balaban J connectivity index is 0.000000175. The van der Waals surface area contributed by atoms with E-state index in [2.05, 4.69) is 195 Å². The quantitative estimate of drug-likeness (QED) is 0.106. The minimum atomic E-state index is -0.446. The average Bonchev–Trinajstić information content (AvgIpc) is 3.27. The van der Waals surface area contributed by atoms with Crippen LogP contribution in [0.5, 0.6) is 0 Å². The van der Waals surface area contributed by atoms with Gasteiger partial charge in [-0.1, -0.05) is 268 Å². The summed E-state index contributed by atoms with van der Waals surface area (Å²) in [6.07, 6.45) is 3.67. The molecule has 0 bridgehead atoms. The molecule has 0 unspecified atom stereocenters. The van der Waals surface area contributed by atoms with Gasteiger partial charge in [-0.3, -0.25) is 0 Å². The van der Waals surface area contributed by atoms with Crippen LogP contribution in [0, 0.1) is 0 Å². The van der Waals surface area contributed by atoms with E-state index in [1.807, 2.05) is 72.8 Å². The topological polar surface area (TPSA) is 0 Å². The molecular formula is C52H46P2Rh. The van der Waals surface area contributed by atoms with Gasteiger partial charge in [0.15, 0.2) is 0 Å². The molecule has 0 saturated carbocycles. The van der Waals surface area contributed by atoms with E-state index < -0.39 is 15.8 Å². The average molecular weight is 836 g/mol. The molecule has 0 N–H and O–H groups in total. The fourth-order valence-corrected chi connectivity index (χ4v) is 10.1. The van der Waals surface area contributed by atoms with Gasteiger partial charge in [0, 0.05) is 19.5 Å². The van der Waals surface area contributed by atoms with Crippen LogP contribution < -0.4 is 31.8 Å². The molecule has 273 valence electrons. The van der Waals surface area contributed by atoms with Crippen LogP contribution >= 0.6 is 15.8 Å². The molecule has 0 fully saturated rings. The SMILES string of the molecule is C=Cc1ccccc1.C=Cc1ccccc1.[Rh].c1ccc(P(c2ccccc2)c2ccccc2)cc1.c1ccc(P(c2ccccc2)c2ccccc2)cc1. The first-order valence-corrected chi connectivity index (χ1v) is 20.7. The zero-order chi connectivity index (χ0) is 37.5. The zero-order valence-electron chi connectivity index (χ0n) is 30.9. The van der Waals surface area contributed by atoms with E-state index in [0.29, 0.717) is 0 Å². The van der Waals surface area contributed by atoms with E-state index in [-0.39, 0.29) is 19.5 Å².